The van der Waals surface area contributed by atoms with Crippen molar-refractivity contribution in [2.24, 2.45) is 5.92 Å². The Kier molecular flexibility index (Phi) is 4.27. The summed E-state index contributed by atoms with van der Waals surface area (Å²) in [6, 6.07) is 5.64. The van der Waals surface area contributed by atoms with Gasteiger partial charge in [-0.05, 0) is 37.0 Å². The molecule has 1 aliphatic carbocycles. The van der Waals surface area contributed by atoms with E-state index in [9.17, 15) is 9.90 Å². The second-order valence-corrected chi connectivity index (χ2v) is 6.02. The van der Waals surface area contributed by atoms with Crippen LogP contribution < -0.4 is 5.32 Å². The number of hydrogen-bond acceptors (Lipinski definition) is 2. The topological polar surface area (TPSA) is 49.3 Å². The zero-order chi connectivity index (χ0) is 13.1. The van der Waals surface area contributed by atoms with Crippen LogP contribution in [0, 0.1) is 5.92 Å². The molecule has 1 aromatic rings. The van der Waals surface area contributed by atoms with Crippen LogP contribution in [-0.2, 0) is 0 Å². The van der Waals surface area contributed by atoms with Crippen molar-refractivity contribution >= 4 is 27.6 Å². The molecule has 1 saturated carbocycles. The van der Waals surface area contributed by atoms with Gasteiger partial charge in [0.25, 0.3) is 0 Å². The lowest BCUT2D eigenvalue weighted by Crippen LogP contribution is -2.27. The summed E-state index contributed by atoms with van der Waals surface area (Å²) in [5, 5.41) is 12.6. The molecule has 18 heavy (non-hydrogen) atoms. The third-order valence-corrected chi connectivity index (χ3v) is 4.00. The molecule has 2 atom stereocenters. The van der Waals surface area contributed by atoms with Crippen LogP contribution in [0.4, 0.5) is 5.69 Å². The van der Waals surface area contributed by atoms with Crippen molar-refractivity contribution in [3.05, 3.63) is 28.2 Å². The quantitative estimate of drug-likeness (QED) is 0.882. The monoisotopic (exact) mass is 311 g/mol. The van der Waals surface area contributed by atoms with E-state index in [1.165, 1.54) is 12.8 Å². The van der Waals surface area contributed by atoms with E-state index in [4.69, 9.17) is 0 Å². The maximum absolute atomic E-state index is 11.2. The predicted molar refractivity (Wildman–Crippen MR) is 76.1 cm³/mol. The van der Waals surface area contributed by atoms with Crippen LogP contribution >= 0.6 is 15.9 Å². The van der Waals surface area contributed by atoms with Crippen LogP contribution in [0.2, 0.25) is 0 Å². The summed E-state index contributed by atoms with van der Waals surface area (Å²) in [5.41, 5.74) is 1.06. The number of nitrogens with one attached hydrogen (secondary N) is 1. The average molecular weight is 312 g/mol. The molecule has 0 bridgehead atoms. The van der Waals surface area contributed by atoms with Crippen molar-refractivity contribution in [3.63, 3.8) is 0 Å². The van der Waals surface area contributed by atoms with Crippen molar-refractivity contribution in [3.8, 4) is 0 Å². The van der Waals surface area contributed by atoms with E-state index >= 15 is 0 Å². The zero-order valence-electron chi connectivity index (χ0n) is 10.4. The lowest BCUT2D eigenvalue weighted by Gasteiger charge is -2.28. The van der Waals surface area contributed by atoms with E-state index in [0.29, 0.717) is 11.6 Å². The Hall–Kier alpha value is -1.03. The fraction of sp³-hybridized carbons (Fsp3) is 0.500. The van der Waals surface area contributed by atoms with Gasteiger partial charge in [0, 0.05) is 10.5 Å². The molecular formula is C14H18BrNO2. The molecule has 2 unspecified atom stereocenters. The SMILES string of the molecule is CC1CCCC(Nc2cc(Br)ccc2C(=O)O)C1. The minimum atomic E-state index is -0.881. The summed E-state index contributed by atoms with van der Waals surface area (Å²) in [6.45, 7) is 2.26. The molecule has 0 spiro atoms. The van der Waals surface area contributed by atoms with Crippen molar-refractivity contribution in [1.82, 2.24) is 0 Å². The van der Waals surface area contributed by atoms with E-state index in [1.54, 1.807) is 12.1 Å². The number of hydrogen-bond donors (Lipinski definition) is 2. The number of rotatable bonds is 3. The molecule has 2 rings (SSSR count). The van der Waals surface area contributed by atoms with Gasteiger partial charge in [0.15, 0.2) is 0 Å². The van der Waals surface area contributed by atoms with Crippen LogP contribution in [0.3, 0.4) is 0 Å². The van der Waals surface area contributed by atoms with Crippen LogP contribution in [-0.4, -0.2) is 17.1 Å². The van der Waals surface area contributed by atoms with Gasteiger partial charge in [0.2, 0.25) is 0 Å². The maximum Gasteiger partial charge on any atom is 0.337 e. The van der Waals surface area contributed by atoms with Crippen molar-refractivity contribution in [2.45, 2.75) is 38.6 Å². The summed E-state index contributed by atoms with van der Waals surface area (Å²) in [4.78, 5) is 11.2. The van der Waals surface area contributed by atoms with Crippen LogP contribution in [0.15, 0.2) is 22.7 Å². The highest BCUT2D eigenvalue weighted by molar-refractivity contribution is 9.10. The van der Waals surface area contributed by atoms with E-state index in [1.807, 2.05) is 6.07 Å². The van der Waals surface area contributed by atoms with Gasteiger partial charge in [0.05, 0.1) is 11.3 Å². The average Bonchev–Trinajstić information content (AvgIpc) is 2.28. The van der Waals surface area contributed by atoms with Crippen LogP contribution in [0.5, 0.6) is 0 Å². The molecule has 0 saturated heterocycles. The van der Waals surface area contributed by atoms with Crippen molar-refractivity contribution in [2.75, 3.05) is 5.32 Å². The second kappa shape index (κ2) is 5.74. The summed E-state index contributed by atoms with van der Waals surface area (Å²) < 4.78 is 0.902. The van der Waals surface area contributed by atoms with Gasteiger partial charge in [-0.1, -0.05) is 35.7 Å². The Labute approximate surface area is 116 Å². The van der Waals surface area contributed by atoms with Gasteiger partial charge in [-0.3, -0.25) is 0 Å². The molecule has 4 heteroatoms. The molecule has 1 aliphatic rings. The highest BCUT2D eigenvalue weighted by Crippen LogP contribution is 2.28. The van der Waals surface area contributed by atoms with Gasteiger partial charge < -0.3 is 10.4 Å². The Balaban J connectivity index is 2.16. The first-order chi connectivity index (χ1) is 8.56. The first-order valence-corrected chi connectivity index (χ1v) is 7.15. The Morgan fingerprint density at radius 3 is 2.89 bits per heavy atom. The van der Waals surface area contributed by atoms with Crippen molar-refractivity contribution < 1.29 is 9.90 Å². The number of carboxylic acid groups (broad SMARTS) is 1. The van der Waals surface area contributed by atoms with Crippen molar-refractivity contribution in [1.29, 1.82) is 0 Å². The minimum Gasteiger partial charge on any atom is -0.478 e. The third kappa shape index (κ3) is 3.25. The summed E-state index contributed by atoms with van der Waals surface area (Å²) in [5.74, 6) is -0.162. The van der Waals surface area contributed by atoms with E-state index in [0.717, 1.165) is 28.9 Å². The van der Waals surface area contributed by atoms with Gasteiger partial charge in [-0.15, -0.1) is 0 Å². The molecule has 1 aromatic carbocycles. The predicted octanol–water partition coefficient (Wildman–Crippen LogP) is 4.14. The number of carboxylic acids is 1. The molecule has 2 N–H and O–H groups in total. The molecule has 0 amide bonds. The fourth-order valence-electron chi connectivity index (χ4n) is 2.61. The number of aromatic carboxylic acids is 1. The molecule has 1 fully saturated rings. The van der Waals surface area contributed by atoms with E-state index in [-0.39, 0.29) is 0 Å². The van der Waals surface area contributed by atoms with Gasteiger partial charge in [0.1, 0.15) is 0 Å². The third-order valence-electron chi connectivity index (χ3n) is 3.51. The number of anilines is 1. The maximum atomic E-state index is 11.2. The first kappa shape index (κ1) is 13.4. The standard InChI is InChI=1S/C14H18BrNO2/c1-9-3-2-4-11(7-9)16-13-8-10(15)5-6-12(13)14(17)18/h5-6,8-9,11,16H,2-4,7H2,1H3,(H,17,18). The lowest BCUT2D eigenvalue weighted by molar-refractivity contribution is 0.0698. The smallest absolute Gasteiger partial charge is 0.337 e. The fourth-order valence-corrected chi connectivity index (χ4v) is 2.97. The van der Waals surface area contributed by atoms with E-state index in [2.05, 4.69) is 28.2 Å². The normalized spacial score (nSPS) is 23.7. The Morgan fingerprint density at radius 2 is 2.22 bits per heavy atom. The van der Waals surface area contributed by atoms with Crippen LogP contribution in [0.25, 0.3) is 0 Å². The number of carbonyl (C=O) groups is 1. The van der Waals surface area contributed by atoms with Crippen LogP contribution in [0.1, 0.15) is 43.0 Å². The van der Waals surface area contributed by atoms with Gasteiger partial charge >= 0.3 is 5.97 Å². The lowest BCUT2D eigenvalue weighted by atomic mass is 9.87. The molecule has 0 aromatic heterocycles. The Morgan fingerprint density at radius 1 is 1.44 bits per heavy atom. The first-order valence-electron chi connectivity index (χ1n) is 6.35. The summed E-state index contributed by atoms with van der Waals surface area (Å²) in [7, 11) is 0. The highest BCUT2D eigenvalue weighted by atomic mass is 79.9. The zero-order valence-corrected chi connectivity index (χ0v) is 12.0. The minimum absolute atomic E-state index is 0.344. The Bertz CT molecular complexity index is 447. The molecule has 0 radical (unpaired) electrons. The summed E-state index contributed by atoms with van der Waals surface area (Å²) >= 11 is 3.39. The molecule has 3 nitrogen and oxygen atoms in total. The second-order valence-electron chi connectivity index (χ2n) is 5.11. The van der Waals surface area contributed by atoms with E-state index < -0.39 is 5.97 Å². The summed E-state index contributed by atoms with van der Waals surface area (Å²) in [6.07, 6.45) is 4.74. The number of halogens is 1. The number of benzene rings is 1. The molecule has 0 aliphatic heterocycles. The van der Waals surface area contributed by atoms with Gasteiger partial charge in [-0.25, -0.2) is 4.79 Å². The van der Waals surface area contributed by atoms with Gasteiger partial charge in [-0.2, -0.15) is 0 Å². The molecular weight excluding hydrogens is 294 g/mol. The largest absolute Gasteiger partial charge is 0.478 e. The highest BCUT2D eigenvalue weighted by Gasteiger charge is 2.20. The molecule has 0 heterocycles. The molecule has 98 valence electrons.